The second-order valence-electron chi connectivity index (χ2n) is 8.58. The molecule has 1 aliphatic carbocycles. The first-order valence-electron chi connectivity index (χ1n) is 11.4. The first kappa shape index (κ1) is 19.4. The average molecular weight is 431 g/mol. The summed E-state index contributed by atoms with van der Waals surface area (Å²) in [5.74, 6) is 1.65. The summed E-state index contributed by atoms with van der Waals surface area (Å²) in [5, 5.41) is 17.2. The molecule has 2 aliphatic rings. The van der Waals surface area contributed by atoms with Crippen molar-refractivity contribution in [2.75, 3.05) is 18.4 Å². The lowest BCUT2D eigenvalue weighted by Crippen LogP contribution is -2.34. The zero-order valence-electron chi connectivity index (χ0n) is 17.9. The molecule has 0 unspecified atom stereocenters. The van der Waals surface area contributed by atoms with Gasteiger partial charge in [-0.05, 0) is 50.9 Å². The van der Waals surface area contributed by atoms with Crippen LogP contribution in [0.2, 0.25) is 0 Å². The quantitative estimate of drug-likeness (QED) is 0.493. The van der Waals surface area contributed by atoms with Gasteiger partial charge in [-0.15, -0.1) is 10.2 Å². The maximum Gasteiger partial charge on any atom is 0.233 e. The van der Waals surface area contributed by atoms with Crippen LogP contribution in [0.15, 0.2) is 36.8 Å². The van der Waals surface area contributed by atoms with Gasteiger partial charge in [-0.25, -0.2) is 4.98 Å². The lowest BCUT2D eigenvalue weighted by atomic mass is 10.1. The average Bonchev–Trinajstić information content (AvgIpc) is 3.47. The van der Waals surface area contributed by atoms with Crippen LogP contribution in [0.3, 0.4) is 0 Å². The Morgan fingerprint density at radius 1 is 0.969 bits per heavy atom. The van der Waals surface area contributed by atoms with Crippen molar-refractivity contribution in [3.05, 3.63) is 36.8 Å². The van der Waals surface area contributed by atoms with E-state index in [0.29, 0.717) is 23.7 Å². The molecule has 0 bridgehead atoms. The topological polar surface area (TPSA) is 103 Å². The second kappa shape index (κ2) is 8.31. The molecule has 4 aromatic rings. The molecule has 9 heteroatoms. The molecule has 0 amide bonds. The van der Waals surface area contributed by atoms with Crippen LogP contribution in [0.1, 0.15) is 44.6 Å². The third kappa shape index (κ3) is 3.62. The van der Waals surface area contributed by atoms with Crippen LogP contribution in [0.4, 0.5) is 11.8 Å². The van der Waals surface area contributed by atoms with Crippen LogP contribution in [-0.4, -0.2) is 48.9 Å². The zero-order chi connectivity index (χ0) is 21.3. The minimum atomic E-state index is 0.196. The molecule has 1 aliphatic heterocycles. The Labute approximate surface area is 185 Å². The fourth-order valence-corrected chi connectivity index (χ4v) is 4.91. The molecule has 6 rings (SSSR count). The molecule has 0 aromatic carbocycles. The molecule has 1 saturated heterocycles. The molecule has 2 N–H and O–H groups in total. The molecule has 2 fully saturated rings. The standard InChI is InChI=1S/C23H26N8O/c1-2-4-15(3-1)31-19-14-25-12-9-17(19)18-13-26-23(28-22(18)31)27-20-5-6-21(30-29-20)32-16-7-10-24-11-8-16/h5-6,9,12-16,24H,1-4,7-8,10-11H2,(H,26,27,28,29). The van der Waals surface area contributed by atoms with Gasteiger partial charge in [0.15, 0.2) is 5.82 Å². The summed E-state index contributed by atoms with van der Waals surface area (Å²) in [6.45, 7) is 1.95. The number of pyridine rings is 1. The highest BCUT2D eigenvalue weighted by Gasteiger charge is 2.23. The first-order chi connectivity index (χ1) is 15.8. The molecular weight excluding hydrogens is 404 g/mol. The number of ether oxygens (including phenoxy) is 1. The maximum absolute atomic E-state index is 5.94. The zero-order valence-corrected chi connectivity index (χ0v) is 17.9. The fraction of sp³-hybridized carbons (Fsp3) is 0.435. The highest BCUT2D eigenvalue weighted by molar-refractivity contribution is 6.06. The number of hydrogen-bond acceptors (Lipinski definition) is 8. The molecule has 0 spiro atoms. The van der Waals surface area contributed by atoms with Crippen molar-refractivity contribution in [1.29, 1.82) is 0 Å². The Hall–Kier alpha value is -3.33. The monoisotopic (exact) mass is 430 g/mol. The molecule has 9 nitrogen and oxygen atoms in total. The van der Waals surface area contributed by atoms with E-state index in [9.17, 15) is 0 Å². The number of piperidine rings is 1. The van der Waals surface area contributed by atoms with Crippen LogP contribution < -0.4 is 15.4 Å². The summed E-state index contributed by atoms with van der Waals surface area (Å²) in [6.07, 6.45) is 12.7. The van der Waals surface area contributed by atoms with Crippen molar-refractivity contribution >= 4 is 33.7 Å². The molecule has 164 valence electrons. The van der Waals surface area contributed by atoms with Gasteiger partial charge in [0.1, 0.15) is 11.8 Å². The minimum absolute atomic E-state index is 0.196. The Morgan fingerprint density at radius 3 is 2.66 bits per heavy atom. The minimum Gasteiger partial charge on any atom is -0.473 e. The number of fused-ring (bicyclic) bond motifs is 3. The molecule has 0 radical (unpaired) electrons. The third-order valence-electron chi connectivity index (χ3n) is 6.49. The van der Waals surface area contributed by atoms with Crippen LogP contribution in [0, 0.1) is 0 Å². The van der Waals surface area contributed by atoms with Gasteiger partial charge < -0.3 is 19.9 Å². The highest BCUT2D eigenvalue weighted by Crippen LogP contribution is 2.37. The van der Waals surface area contributed by atoms with Crippen molar-refractivity contribution in [1.82, 2.24) is 35.0 Å². The van der Waals surface area contributed by atoms with E-state index in [1.807, 2.05) is 36.8 Å². The summed E-state index contributed by atoms with van der Waals surface area (Å²) in [6, 6.07) is 6.20. The van der Waals surface area contributed by atoms with Crippen molar-refractivity contribution in [3.63, 3.8) is 0 Å². The Balaban J connectivity index is 1.28. The predicted octanol–water partition coefficient (Wildman–Crippen LogP) is 3.76. The van der Waals surface area contributed by atoms with Gasteiger partial charge in [0.2, 0.25) is 11.8 Å². The van der Waals surface area contributed by atoms with Gasteiger partial charge in [-0.3, -0.25) is 4.98 Å². The summed E-state index contributed by atoms with van der Waals surface area (Å²) in [5.41, 5.74) is 2.07. The summed E-state index contributed by atoms with van der Waals surface area (Å²) in [4.78, 5) is 13.8. The number of anilines is 2. The number of hydrogen-bond donors (Lipinski definition) is 2. The van der Waals surface area contributed by atoms with Crippen molar-refractivity contribution in [3.8, 4) is 5.88 Å². The predicted molar refractivity (Wildman–Crippen MR) is 122 cm³/mol. The van der Waals surface area contributed by atoms with Gasteiger partial charge in [-0.2, -0.15) is 4.98 Å². The Morgan fingerprint density at radius 2 is 1.84 bits per heavy atom. The normalized spacial score (nSPS) is 17.9. The highest BCUT2D eigenvalue weighted by atomic mass is 16.5. The smallest absolute Gasteiger partial charge is 0.233 e. The lowest BCUT2D eigenvalue weighted by Gasteiger charge is -2.22. The van der Waals surface area contributed by atoms with E-state index in [1.165, 1.54) is 25.7 Å². The Bertz CT molecular complexity index is 1230. The van der Waals surface area contributed by atoms with E-state index in [2.05, 4.69) is 35.4 Å². The van der Waals surface area contributed by atoms with Crippen molar-refractivity contribution < 1.29 is 4.74 Å². The second-order valence-corrected chi connectivity index (χ2v) is 8.58. The molecule has 0 atom stereocenters. The Kier molecular flexibility index (Phi) is 5.03. The molecule has 32 heavy (non-hydrogen) atoms. The number of aromatic nitrogens is 6. The summed E-state index contributed by atoms with van der Waals surface area (Å²) < 4.78 is 8.29. The summed E-state index contributed by atoms with van der Waals surface area (Å²) in [7, 11) is 0. The molecular formula is C23H26N8O. The first-order valence-corrected chi connectivity index (χ1v) is 11.4. The van der Waals surface area contributed by atoms with Crippen LogP contribution in [0.25, 0.3) is 21.9 Å². The van der Waals surface area contributed by atoms with E-state index >= 15 is 0 Å². The van der Waals surface area contributed by atoms with Gasteiger partial charge in [-0.1, -0.05) is 12.8 Å². The van der Waals surface area contributed by atoms with Crippen molar-refractivity contribution in [2.45, 2.75) is 50.7 Å². The van der Waals surface area contributed by atoms with E-state index in [0.717, 1.165) is 47.9 Å². The number of nitrogens with zero attached hydrogens (tertiary/aromatic N) is 6. The largest absolute Gasteiger partial charge is 0.473 e. The lowest BCUT2D eigenvalue weighted by molar-refractivity contribution is 0.154. The molecule has 5 heterocycles. The van der Waals surface area contributed by atoms with Crippen molar-refractivity contribution in [2.24, 2.45) is 0 Å². The van der Waals surface area contributed by atoms with Crippen LogP contribution in [-0.2, 0) is 0 Å². The van der Waals surface area contributed by atoms with Gasteiger partial charge in [0.05, 0.1) is 11.7 Å². The maximum atomic E-state index is 5.94. The third-order valence-corrected chi connectivity index (χ3v) is 6.49. The van der Waals surface area contributed by atoms with Crippen LogP contribution >= 0.6 is 0 Å². The van der Waals surface area contributed by atoms with Crippen LogP contribution in [0.5, 0.6) is 5.88 Å². The number of rotatable bonds is 5. The van der Waals surface area contributed by atoms with E-state index in [1.54, 1.807) is 0 Å². The van der Waals surface area contributed by atoms with Gasteiger partial charge in [0, 0.05) is 35.3 Å². The molecule has 1 saturated carbocycles. The van der Waals surface area contributed by atoms with Gasteiger partial charge in [0.25, 0.3) is 0 Å². The van der Waals surface area contributed by atoms with E-state index < -0.39 is 0 Å². The number of nitrogens with one attached hydrogen (secondary N) is 2. The SMILES string of the molecule is c1cc2c3cnc(Nc4ccc(OC5CCNCC5)nn4)nc3n(C3CCCC3)c2cn1. The summed E-state index contributed by atoms with van der Waals surface area (Å²) >= 11 is 0. The molecule has 4 aromatic heterocycles. The van der Waals surface area contributed by atoms with Gasteiger partial charge >= 0.3 is 0 Å². The van der Waals surface area contributed by atoms with E-state index in [-0.39, 0.29) is 6.10 Å². The van der Waals surface area contributed by atoms with E-state index in [4.69, 9.17) is 9.72 Å². The fourth-order valence-electron chi connectivity index (χ4n) is 4.91.